The maximum absolute atomic E-state index is 12.3. The highest BCUT2D eigenvalue weighted by Gasteiger charge is 2.32. The van der Waals surface area contributed by atoms with Gasteiger partial charge in [-0.15, -0.1) is 0 Å². The lowest BCUT2D eigenvalue weighted by molar-refractivity contribution is -0.136. The van der Waals surface area contributed by atoms with Crippen molar-refractivity contribution in [2.24, 2.45) is 0 Å². The lowest BCUT2D eigenvalue weighted by Gasteiger charge is -2.37. The lowest BCUT2D eigenvalue weighted by Crippen LogP contribution is -2.52. The molecule has 4 amide bonds. The average Bonchev–Trinajstić information content (AvgIpc) is 2.93. The fourth-order valence-electron chi connectivity index (χ4n) is 2.94. The molecule has 0 aromatic heterocycles. The van der Waals surface area contributed by atoms with E-state index < -0.39 is 6.03 Å². The summed E-state index contributed by atoms with van der Waals surface area (Å²) < 4.78 is 5.37. The van der Waals surface area contributed by atoms with E-state index >= 15 is 0 Å². The Morgan fingerprint density at radius 1 is 1.17 bits per heavy atom. The number of rotatable bonds is 4. The minimum atomic E-state index is -0.499. The molecule has 2 heterocycles. The fraction of sp³-hybridized carbons (Fsp3) is 0.438. The van der Waals surface area contributed by atoms with Crippen molar-refractivity contribution in [2.75, 3.05) is 51.3 Å². The molecule has 24 heavy (non-hydrogen) atoms. The number of ether oxygens (including phenoxy) is 1. The Bertz CT molecular complexity index is 639. The molecule has 128 valence electrons. The molecule has 8 nitrogen and oxygen atoms in total. The summed E-state index contributed by atoms with van der Waals surface area (Å²) in [6.45, 7) is 2.20. The second-order valence-electron chi connectivity index (χ2n) is 5.68. The summed E-state index contributed by atoms with van der Waals surface area (Å²) >= 11 is 0. The van der Waals surface area contributed by atoms with Crippen molar-refractivity contribution < 1.29 is 19.1 Å². The molecule has 0 spiro atoms. The normalized spacial score (nSPS) is 18.0. The third-order valence-electron chi connectivity index (χ3n) is 4.29. The molecule has 1 N–H and O–H groups in total. The van der Waals surface area contributed by atoms with Gasteiger partial charge in [0.05, 0.1) is 19.3 Å². The van der Waals surface area contributed by atoms with Crippen LogP contribution in [0.25, 0.3) is 0 Å². The van der Waals surface area contributed by atoms with E-state index in [-0.39, 0.29) is 24.9 Å². The first-order valence-corrected chi connectivity index (χ1v) is 7.84. The summed E-state index contributed by atoms with van der Waals surface area (Å²) in [6.07, 6.45) is 0. The quantitative estimate of drug-likeness (QED) is 0.779. The van der Waals surface area contributed by atoms with Gasteiger partial charge >= 0.3 is 6.03 Å². The van der Waals surface area contributed by atoms with Crippen LogP contribution in [0, 0.1) is 0 Å². The third-order valence-corrected chi connectivity index (χ3v) is 4.29. The van der Waals surface area contributed by atoms with Crippen LogP contribution in [0.2, 0.25) is 0 Å². The van der Waals surface area contributed by atoms with E-state index in [0.717, 1.165) is 16.3 Å². The molecule has 0 atom stereocenters. The molecule has 3 rings (SSSR count). The smallest absolute Gasteiger partial charge is 0.325 e. The number of hydrogen-bond donors (Lipinski definition) is 1. The Hall–Kier alpha value is -2.77. The van der Waals surface area contributed by atoms with Gasteiger partial charge < -0.3 is 19.9 Å². The van der Waals surface area contributed by atoms with Gasteiger partial charge in [0, 0.05) is 26.2 Å². The zero-order valence-electron chi connectivity index (χ0n) is 13.5. The zero-order valence-corrected chi connectivity index (χ0v) is 13.5. The number of carbonyl (C=O) groups excluding carboxylic acids is 3. The van der Waals surface area contributed by atoms with Gasteiger partial charge in [0.25, 0.3) is 5.91 Å². The van der Waals surface area contributed by atoms with Crippen LogP contribution in [0.5, 0.6) is 5.75 Å². The molecule has 8 heteroatoms. The first-order valence-electron chi connectivity index (χ1n) is 7.84. The largest absolute Gasteiger partial charge is 0.495 e. The number of imide groups is 1. The molecule has 1 aromatic rings. The van der Waals surface area contributed by atoms with Crippen molar-refractivity contribution in [3.05, 3.63) is 24.3 Å². The van der Waals surface area contributed by atoms with E-state index in [1.54, 1.807) is 12.0 Å². The third kappa shape index (κ3) is 3.12. The van der Waals surface area contributed by atoms with Gasteiger partial charge in [0.1, 0.15) is 12.3 Å². The van der Waals surface area contributed by atoms with E-state index in [1.807, 2.05) is 24.3 Å². The predicted octanol–water partition coefficient (Wildman–Crippen LogP) is -0.104. The second kappa shape index (κ2) is 6.77. The summed E-state index contributed by atoms with van der Waals surface area (Å²) in [4.78, 5) is 40.2. The molecule has 2 aliphatic heterocycles. The predicted molar refractivity (Wildman–Crippen MR) is 86.9 cm³/mol. The van der Waals surface area contributed by atoms with Crippen LogP contribution in [-0.2, 0) is 9.59 Å². The Labute approximate surface area is 139 Å². The number of nitrogens with zero attached hydrogens (tertiary/aromatic N) is 3. The topological polar surface area (TPSA) is 82.2 Å². The van der Waals surface area contributed by atoms with E-state index in [2.05, 4.69) is 10.2 Å². The van der Waals surface area contributed by atoms with Gasteiger partial charge in [-0.1, -0.05) is 12.1 Å². The number of nitrogens with one attached hydrogen (secondary N) is 1. The molecule has 2 fully saturated rings. The van der Waals surface area contributed by atoms with Crippen LogP contribution in [0.3, 0.4) is 0 Å². The molecule has 0 unspecified atom stereocenters. The minimum Gasteiger partial charge on any atom is -0.495 e. The SMILES string of the molecule is COc1ccccc1N1CCN(C(=O)CN2C(=O)CNC2=O)CC1. The first kappa shape index (κ1) is 16.1. The summed E-state index contributed by atoms with van der Waals surface area (Å²) in [7, 11) is 1.64. The number of amides is 4. The number of benzene rings is 1. The van der Waals surface area contributed by atoms with E-state index in [0.29, 0.717) is 26.2 Å². The standard InChI is InChI=1S/C16H20N4O4/c1-24-13-5-3-2-4-12(13)18-6-8-19(9-7-18)15(22)11-20-14(21)10-17-16(20)23/h2-5H,6-11H2,1H3,(H,17,23). The van der Waals surface area contributed by atoms with Crippen LogP contribution in [0.1, 0.15) is 0 Å². The highest BCUT2D eigenvalue weighted by atomic mass is 16.5. The number of piperazine rings is 1. The molecular weight excluding hydrogens is 312 g/mol. The van der Waals surface area contributed by atoms with Crippen LogP contribution in [-0.4, -0.2) is 74.0 Å². The summed E-state index contributed by atoms with van der Waals surface area (Å²) in [5, 5.41) is 2.41. The summed E-state index contributed by atoms with van der Waals surface area (Å²) in [5.41, 5.74) is 1.00. The number of methoxy groups -OCH3 is 1. The van der Waals surface area contributed by atoms with Crippen LogP contribution in [0.15, 0.2) is 24.3 Å². The summed E-state index contributed by atoms with van der Waals surface area (Å²) in [5.74, 6) is 0.234. The van der Waals surface area contributed by atoms with Crippen molar-refractivity contribution in [2.45, 2.75) is 0 Å². The van der Waals surface area contributed by atoms with Crippen molar-refractivity contribution >= 4 is 23.5 Å². The number of anilines is 1. The Morgan fingerprint density at radius 2 is 1.88 bits per heavy atom. The fourth-order valence-corrected chi connectivity index (χ4v) is 2.94. The monoisotopic (exact) mass is 332 g/mol. The number of carbonyl (C=O) groups is 3. The second-order valence-corrected chi connectivity index (χ2v) is 5.68. The van der Waals surface area contributed by atoms with Crippen molar-refractivity contribution in [1.82, 2.24) is 15.1 Å². The molecule has 2 saturated heterocycles. The molecule has 0 saturated carbocycles. The average molecular weight is 332 g/mol. The maximum Gasteiger partial charge on any atom is 0.325 e. The maximum atomic E-state index is 12.3. The van der Waals surface area contributed by atoms with E-state index in [4.69, 9.17) is 4.74 Å². The minimum absolute atomic E-state index is 0.0340. The van der Waals surface area contributed by atoms with E-state index in [9.17, 15) is 14.4 Å². The molecule has 0 aliphatic carbocycles. The molecule has 2 aliphatic rings. The van der Waals surface area contributed by atoms with Crippen LogP contribution in [0.4, 0.5) is 10.5 Å². The van der Waals surface area contributed by atoms with Gasteiger partial charge in [-0.3, -0.25) is 14.5 Å². The number of para-hydroxylation sites is 2. The van der Waals surface area contributed by atoms with Gasteiger partial charge in [0.15, 0.2) is 0 Å². The zero-order chi connectivity index (χ0) is 17.1. The molecule has 1 aromatic carbocycles. The van der Waals surface area contributed by atoms with Crippen LogP contribution < -0.4 is 15.0 Å². The molecular formula is C16H20N4O4. The molecule has 0 radical (unpaired) electrons. The van der Waals surface area contributed by atoms with Crippen molar-refractivity contribution in [3.63, 3.8) is 0 Å². The summed E-state index contributed by atoms with van der Waals surface area (Å²) in [6, 6.07) is 7.27. The number of urea groups is 1. The van der Waals surface area contributed by atoms with Gasteiger partial charge in [0.2, 0.25) is 5.91 Å². The lowest BCUT2D eigenvalue weighted by atomic mass is 10.2. The van der Waals surface area contributed by atoms with Gasteiger partial charge in [-0.25, -0.2) is 4.79 Å². The van der Waals surface area contributed by atoms with Crippen LogP contribution >= 0.6 is 0 Å². The van der Waals surface area contributed by atoms with Crippen molar-refractivity contribution in [1.29, 1.82) is 0 Å². The first-order chi connectivity index (χ1) is 11.6. The van der Waals surface area contributed by atoms with Gasteiger partial charge in [-0.2, -0.15) is 0 Å². The highest BCUT2D eigenvalue weighted by Crippen LogP contribution is 2.28. The van der Waals surface area contributed by atoms with E-state index in [1.165, 1.54) is 0 Å². The van der Waals surface area contributed by atoms with Crippen molar-refractivity contribution in [3.8, 4) is 5.75 Å². The number of hydrogen-bond acceptors (Lipinski definition) is 5. The van der Waals surface area contributed by atoms with Gasteiger partial charge in [-0.05, 0) is 12.1 Å². The Kier molecular flexibility index (Phi) is 4.54. The Morgan fingerprint density at radius 3 is 2.50 bits per heavy atom. The Balaban J connectivity index is 1.58. The highest BCUT2D eigenvalue weighted by molar-refractivity contribution is 6.04. The molecule has 0 bridgehead atoms.